The molecule has 1 aliphatic rings. The van der Waals surface area contributed by atoms with Crippen LogP contribution in [-0.2, 0) is 11.2 Å². The smallest absolute Gasteiger partial charge is 0.426 e. The average molecular weight is 428 g/mol. The minimum absolute atomic E-state index is 0.325. The summed E-state index contributed by atoms with van der Waals surface area (Å²) in [6.45, 7) is 6.35. The van der Waals surface area contributed by atoms with Crippen LogP contribution < -0.4 is 14.8 Å². The van der Waals surface area contributed by atoms with Gasteiger partial charge >= 0.3 is 12.2 Å². The maximum atomic E-state index is 12.3. The van der Waals surface area contributed by atoms with Crippen LogP contribution in [0.2, 0.25) is 0 Å². The Morgan fingerprint density at radius 1 is 1.21 bits per heavy atom. The number of rotatable bonds is 6. The Hall–Kier alpha value is -2.13. The van der Waals surface area contributed by atoms with Gasteiger partial charge in [-0.15, -0.1) is 0 Å². The average Bonchev–Trinajstić information content (AvgIpc) is 2.97. The Bertz CT molecular complexity index is 684. The molecule has 2 amide bonds. The molecule has 1 N–H and O–H groups in total. The minimum atomic E-state index is -0.607. The van der Waals surface area contributed by atoms with Crippen molar-refractivity contribution < 1.29 is 23.8 Å². The normalized spacial score (nSPS) is 13.3. The molecule has 1 heterocycles. The number of carbonyl (C=O) groups is 2. The van der Waals surface area contributed by atoms with E-state index in [1.807, 2.05) is 47.0 Å². The van der Waals surface area contributed by atoms with Crippen LogP contribution in [0.15, 0.2) is 18.2 Å². The van der Waals surface area contributed by atoms with Crippen molar-refractivity contribution in [1.82, 2.24) is 13.9 Å². The van der Waals surface area contributed by atoms with E-state index >= 15 is 0 Å². The van der Waals surface area contributed by atoms with Crippen molar-refractivity contribution in [2.45, 2.75) is 45.6 Å². The Kier molecular flexibility index (Phi) is 10.1. The van der Waals surface area contributed by atoms with Gasteiger partial charge in [-0.1, -0.05) is 25.5 Å². The number of nitrogens with one attached hydrogen (secondary N) is 1. The van der Waals surface area contributed by atoms with E-state index in [9.17, 15) is 9.59 Å². The summed E-state index contributed by atoms with van der Waals surface area (Å²) in [4.78, 5) is 24.2. The summed E-state index contributed by atoms with van der Waals surface area (Å²) < 4.78 is 18.9. The van der Waals surface area contributed by atoms with Crippen molar-refractivity contribution in [3.05, 3.63) is 23.8 Å². The minimum Gasteiger partial charge on any atom is -0.483 e. The third-order valence-electron chi connectivity index (χ3n) is 3.73. The standard InChI is InChI=1S/C18H26N2O5S.C2H7N/c1-6-7-11-23-16(21)19(4)26-20(5)17(22)24-14-10-8-9-13-12-18(2,3)25-15(13)14;1-3-2/h8-10H,6-7,11-12H2,1-5H3;3H,1-2H3. The number of unbranched alkanes of at least 4 members (excludes halogenated alkanes) is 1. The highest BCUT2D eigenvalue weighted by Crippen LogP contribution is 2.42. The van der Waals surface area contributed by atoms with Gasteiger partial charge in [-0.3, -0.25) is 0 Å². The summed E-state index contributed by atoms with van der Waals surface area (Å²) in [5, 5.41) is 2.75. The zero-order valence-corrected chi connectivity index (χ0v) is 19.2. The number of ether oxygens (including phenoxy) is 3. The molecule has 9 heteroatoms. The van der Waals surface area contributed by atoms with E-state index in [2.05, 4.69) is 5.32 Å². The molecule has 0 bridgehead atoms. The lowest BCUT2D eigenvalue weighted by molar-refractivity contribution is 0.129. The van der Waals surface area contributed by atoms with Gasteiger partial charge in [0.25, 0.3) is 0 Å². The molecule has 0 unspecified atom stereocenters. The predicted molar refractivity (Wildman–Crippen MR) is 115 cm³/mol. The highest BCUT2D eigenvalue weighted by molar-refractivity contribution is 7.95. The molecule has 0 aromatic heterocycles. The zero-order valence-electron chi connectivity index (χ0n) is 18.4. The first-order valence-corrected chi connectivity index (χ1v) is 10.3. The molecule has 0 spiro atoms. The molecule has 0 saturated heterocycles. The van der Waals surface area contributed by atoms with Crippen LogP contribution in [0.1, 0.15) is 39.2 Å². The SMILES string of the molecule is CCCCOC(=O)N(C)SN(C)C(=O)Oc1cccc2c1OC(C)(C)C2.CNC. The number of benzene rings is 1. The second-order valence-electron chi connectivity index (χ2n) is 7.20. The van der Waals surface area contributed by atoms with Gasteiger partial charge in [-0.25, -0.2) is 18.2 Å². The van der Waals surface area contributed by atoms with Crippen LogP contribution in [0.25, 0.3) is 0 Å². The fourth-order valence-electron chi connectivity index (χ4n) is 2.47. The summed E-state index contributed by atoms with van der Waals surface area (Å²) in [7, 11) is 6.81. The number of fused-ring (bicyclic) bond motifs is 1. The first-order valence-electron chi connectivity index (χ1n) is 9.58. The van der Waals surface area contributed by atoms with Crippen molar-refractivity contribution in [2.75, 3.05) is 34.8 Å². The van der Waals surface area contributed by atoms with E-state index in [4.69, 9.17) is 14.2 Å². The van der Waals surface area contributed by atoms with Gasteiger partial charge in [0.15, 0.2) is 11.5 Å². The number of nitrogens with zero attached hydrogens (tertiary/aromatic N) is 2. The summed E-state index contributed by atoms with van der Waals surface area (Å²) in [5.41, 5.74) is 0.681. The summed E-state index contributed by atoms with van der Waals surface area (Å²) in [6, 6.07) is 5.48. The van der Waals surface area contributed by atoms with E-state index in [0.717, 1.165) is 37.0 Å². The third-order valence-corrected chi connectivity index (χ3v) is 4.52. The summed E-state index contributed by atoms with van der Waals surface area (Å²) in [5.74, 6) is 0.968. The maximum absolute atomic E-state index is 12.3. The molecule has 164 valence electrons. The van der Waals surface area contributed by atoms with Crippen molar-refractivity contribution in [2.24, 2.45) is 0 Å². The number of carbonyl (C=O) groups excluding carboxylic acids is 2. The summed E-state index contributed by atoms with van der Waals surface area (Å²) >= 11 is 0.903. The first kappa shape index (κ1) is 24.9. The van der Waals surface area contributed by atoms with Gasteiger partial charge in [0.2, 0.25) is 0 Å². The molecule has 0 saturated carbocycles. The van der Waals surface area contributed by atoms with Crippen LogP contribution in [0, 0.1) is 0 Å². The quantitative estimate of drug-likeness (QED) is 0.541. The molecular weight excluding hydrogens is 394 g/mol. The topological polar surface area (TPSA) is 80.3 Å². The Morgan fingerprint density at radius 3 is 2.45 bits per heavy atom. The molecular formula is C20H33N3O5S. The Morgan fingerprint density at radius 2 is 1.83 bits per heavy atom. The van der Waals surface area contributed by atoms with E-state index in [-0.39, 0.29) is 5.60 Å². The zero-order chi connectivity index (χ0) is 22.0. The van der Waals surface area contributed by atoms with Crippen LogP contribution >= 0.6 is 12.1 Å². The second-order valence-corrected chi connectivity index (χ2v) is 8.45. The third kappa shape index (κ3) is 8.02. The molecule has 1 aromatic carbocycles. The summed E-state index contributed by atoms with van der Waals surface area (Å²) in [6.07, 6.45) is 1.39. The van der Waals surface area contributed by atoms with E-state index in [1.54, 1.807) is 6.07 Å². The predicted octanol–water partition coefficient (Wildman–Crippen LogP) is 4.10. The highest BCUT2D eigenvalue weighted by Gasteiger charge is 2.33. The number of para-hydroxylation sites is 1. The van der Waals surface area contributed by atoms with Gasteiger partial charge in [0, 0.05) is 26.1 Å². The van der Waals surface area contributed by atoms with Crippen LogP contribution in [-0.4, -0.2) is 61.2 Å². The van der Waals surface area contributed by atoms with Crippen LogP contribution in [0.3, 0.4) is 0 Å². The fourth-order valence-corrected chi connectivity index (χ4v) is 3.06. The fraction of sp³-hybridized carbons (Fsp3) is 0.600. The van der Waals surface area contributed by atoms with Gasteiger partial charge < -0.3 is 19.5 Å². The van der Waals surface area contributed by atoms with E-state index in [1.165, 1.54) is 22.7 Å². The molecule has 1 aromatic rings. The van der Waals surface area contributed by atoms with Crippen molar-refractivity contribution in [1.29, 1.82) is 0 Å². The molecule has 0 radical (unpaired) electrons. The lowest BCUT2D eigenvalue weighted by Gasteiger charge is -2.22. The number of hydrogen-bond acceptors (Lipinski definition) is 7. The van der Waals surface area contributed by atoms with Gasteiger partial charge in [-0.05, 0) is 40.4 Å². The Balaban J connectivity index is 0.00000132. The van der Waals surface area contributed by atoms with E-state index < -0.39 is 12.2 Å². The monoisotopic (exact) mass is 427 g/mol. The largest absolute Gasteiger partial charge is 0.483 e. The van der Waals surface area contributed by atoms with Crippen LogP contribution in [0.4, 0.5) is 9.59 Å². The number of hydrogen-bond donors (Lipinski definition) is 1. The van der Waals surface area contributed by atoms with Gasteiger partial charge in [0.05, 0.1) is 18.7 Å². The molecule has 0 atom stereocenters. The van der Waals surface area contributed by atoms with Gasteiger partial charge in [-0.2, -0.15) is 0 Å². The molecule has 8 nitrogen and oxygen atoms in total. The first-order chi connectivity index (χ1) is 13.6. The van der Waals surface area contributed by atoms with Gasteiger partial charge in [0.1, 0.15) is 5.60 Å². The molecule has 29 heavy (non-hydrogen) atoms. The molecule has 0 fully saturated rings. The number of amides is 2. The van der Waals surface area contributed by atoms with Crippen LogP contribution in [0.5, 0.6) is 11.5 Å². The van der Waals surface area contributed by atoms with Crippen molar-refractivity contribution in [3.63, 3.8) is 0 Å². The Labute approximate surface area is 178 Å². The molecule has 2 rings (SSSR count). The molecule has 0 aliphatic carbocycles. The maximum Gasteiger partial charge on any atom is 0.426 e. The molecule has 1 aliphatic heterocycles. The second kappa shape index (κ2) is 11.8. The highest BCUT2D eigenvalue weighted by atomic mass is 32.2. The van der Waals surface area contributed by atoms with Crippen molar-refractivity contribution in [3.8, 4) is 11.5 Å². The van der Waals surface area contributed by atoms with E-state index in [0.29, 0.717) is 18.1 Å². The van der Waals surface area contributed by atoms with Crippen molar-refractivity contribution >= 4 is 24.3 Å². The lowest BCUT2D eigenvalue weighted by Crippen LogP contribution is -2.31. The lowest BCUT2D eigenvalue weighted by atomic mass is 10.0.